The highest BCUT2D eigenvalue weighted by Crippen LogP contribution is 2.58. The van der Waals surface area contributed by atoms with E-state index in [1.54, 1.807) is 52.8 Å². The van der Waals surface area contributed by atoms with Gasteiger partial charge in [0.15, 0.2) is 5.75 Å². The second-order valence-corrected chi connectivity index (χ2v) is 17.9. The molecule has 6 N–H and O–H groups in total. The van der Waals surface area contributed by atoms with Gasteiger partial charge < -0.3 is 54.7 Å². The molecule has 5 bridgehead atoms. The van der Waals surface area contributed by atoms with Crippen LogP contribution >= 0.6 is 0 Å². The lowest BCUT2D eigenvalue weighted by Gasteiger charge is -2.38. The third-order valence-electron chi connectivity index (χ3n) is 13.9. The maximum absolute atomic E-state index is 14.6. The summed E-state index contributed by atoms with van der Waals surface area (Å²) in [6, 6.07) is 0. The van der Waals surface area contributed by atoms with E-state index >= 15 is 0 Å². The van der Waals surface area contributed by atoms with E-state index in [1.807, 2.05) is 4.90 Å². The molecule has 14 heteroatoms. The van der Waals surface area contributed by atoms with Crippen molar-refractivity contribution in [3.05, 3.63) is 47.3 Å². The van der Waals surface area contributed by atoms with Crippen LogP contribution < -0.4 is 15.0 Å². The second-order valence-electron chi connectivity index (χ2n) is 17.9. The first-order chi connectivity index (χ1) is 28.8. The summed E-state index contributed by atoms with van der Waals surface area (Å²) in [5, 5.41) is 61.7. The maximum Gasteiger partial charge on any atom is 0.312 e. The van der Waals surface area contributed by atoms with Gasteiger partial charge in [-0.1, -0.05) is 71.6 Å². The Morgan fingerprint density at radius 2 is 1.51 bits per heavy atom. The molecular weight excluding hydrogens is 785 g/mol. The van der Waals surface area contributed by atoms with Crippen molar-refractivity contribution in [2.75, 3.05) is 30.4 Å². The summed E-state index contributed by atoms with van der Waals surface area (Å²) in [5.74, 6) is -6.62. The SMILES string of the molecule is COC1/C=C/OC2(C)Oc3c(C)c(O)c4c(O)c(c(N5CCC(C6CCCC6)CC5)c(O)c4c3C2=O)NC(=O)/C(C)=C\C=C\C(C)C(O)C(C)C(O)C(C)C(OC(C)=O)C1C. The number of Topliss-reactive ketones (excluding diaryl/α,β-unsaturated/α-hetero) is 1. The Bertz CT molecular complexity index is 2100. The Labute approximate surface area is 358 Å². The molecule has 4 aliphatic heterocycles. The number of aromatic hydroxyl groups is 3. The van der Waals surface area contributed by atoms with Gasteiger partial charge in [-0.15, -0.1) is 0 Å². The van der Waals surface area contributed by atoms with Gasteiger partial charge in [-0.3, -0.25) is 14.4 Å². The molecule has 5 aliphatic rings. The van der Waals surface area contributed by atoms with E-state index in [0.717, 1.165) is 12.8 Å². The van der Waals surface area contributed by atoms with E-state index in [-0.39, 0.29) is 44.6 Å². The molecule has 2 aromatic carbocycles. The summed E-state index contributed by atoms with van der Waals surface area (Å²) < 4.78 is 23.8. The van der Waals surface area contributed by atoms with Crippen LogP contribution in [0.5, 0.6) is 23.0 Å². The van der Waals surface area contributed by atoms with Crippen LogP contribution in [0.1, 0.15) is 103 Å². The van der Waals surface area contributed by atoms with Gasteiger partial charge in [-0.25, -0.2) is 0 Å². The number of esters is 1. The molecule has 9 atom stereocenters. The molecule has 2 fully saturated rings. The van der Waals surface area contributed by atoms with Gasteiger partial charge in [0.25, 0.3) is 11.7 Å². The molecular formula is C47H64N2O12. The van der Waals surface area contributed by atoms with Gasteiger partial charge in [-0.05, 0) is 44.6 Å². The minimum absolute atomic E-state index is 0.0423. The Balaban J connectivity index is 1.50. The van der Waals surface area contributed by atoms with E-state index in [9.17, 15) is 39.9 Å². The highest BCUT2D eigenvalue weighted by Gasteiger charge is 2.50. The van der Waals surface area contributed by atoms with Crippen molar-refractivity contribution in [1.29, 1.82) is 0 Å². The van der Waals surface area contributed by atoms with Crippen LogP contribution in [-0.2, 0) is 23.8 Å². The Hall–Kier alpha value is -4.79. The number of hydrogen-bond acceptors (Lipinski definition) is 13. The lowest BCUT2D eigenvalue weighted by molar-refractivity contribution is -0.160. The predicted molar refractivity (Wildman–Crippen MR) is 231 cm³/mol. The number of benzene rings is 2. The second kappa shape index (κ2) is 18.3. The van der Waals surface area contributed by atoms with Crippen LogP contribution in [0.2, 0.25) is 0 Å². The first kappa shape index (κ1) is 45.7. The van der Waals surface area contributed by atoms with Crippen molar-refractivity contribution < 1.29 is 58.9 Å². The Morgan fingerprint density at radius 3 is 2.13 bits per heavy atom. The molecule has 14 nitrogen and oxygen atoms in total. The fourth-order valence-corrected chi connectivity index (χ4v) is 10.0. The highest BCUT2D eigenvalue weighted by atomic mass is 16.7. The molecule has 334 valence electrons. The number of aliphatic hydroxyl groups excluding tert-OH is 2. The number of anilines is 2. The molecule has 1 saturated heterocycles. The summed E-state index contributed by atoms with van der Waals surface area (Å²) in [6.45, 7) is 13.8. The van der Waals surface area contributed by atoms with Crippen LogP contribution in [0, 0.1) is 42.4 Å². The lowest BCUT2D eigenvalue weighted by atomic mass is 9.78. The van der Waals surface area contributed by atoms with Gasteiger partial charge in [0.05, 0.1) is 35.5 Å². The van der Waals surface area contributed by atoms with Crippen molar-refractivity contribution in [1.82, 2.24) is 0 Å². The number of piperidine rings is 1. The lowest BCUT2D eigenvalue weighted by Crippen LogP contribution is -2.46. The van der Waals surface area contributed by atoms with Crippen molar-refractivity contribution >= 4 is 39.8 Å². The van der Waals surface area contributed by atoms with Crippen LogP contribution in [0.25, 0.3) is 10.8 Å². The van der Waals surface area contributed by atoms with Crippen LogP contribution in [0.3, 0.4) is 0 Å². The molecule has 7 rings (SSSR count). The molecule has 9 unspecified atom stereocenters. The zero-order valence-electron chi connectivity index (χ0n) is 36.9. The van der Waals surface area contributed by atoms with Gasteiger partial charge in [0, 0.05) is 74.2 Å². The Kier molecular flexibility index (Phi) is 13.7. The molecule has 0 aromatic heterocycles. The topological polar surface area (TPSA) is 205 Å². The van der Waals surface area contributed by atoms with E-state index in [4.69, 9.17) is 18.9 Å². The van der Waals surface area contributed by atoms with Crippen LogP contribution in [-0.4, -0.2) is 93.6 Å². The zero-order valence-corrected chi connectivity index (χ0v) is 36.9. The summed E-state index contributed by atoms with van der Waals surface area (Å²) in [4.78, 5) is 42.8. The highest BCUT2D eigenvalue weighted by molar-refractivity contribution is 6.23. The van der Waals surface area contributed by atoms with Crippen molar-refractivity contribution in [3.63, 3.8) is 0 Å². The summed E-state index contributed by atoms with van der Waals surface area (Å²) in [5.41, 5.74) is 0.220. The third-order valence-corrected chi connectivity index (χ3v) is 13.9. The smallest absolute Gasteiger partial charge is 0.312 e. The fourth-order valence-electron chi connectivity index (χ4n) is 10.0. The fraction of sp³-hybridized carbons (Fsp3) is 0.596. The number of phenols is 3. The third kappa shape index (κ3) is 8.68. The number of methoxy groups -OCH3 is 1. The van der Waals surface area contributed by atoms with Crippen molar-refractivity contribution in [2.24, 2.45) is 35.5 Å². The van der Waals surface area contributed by atoms with Crippen LogP contribution in [0.4, 0.5) is 11.4 Å². The van der Waals surface area contributed by atoms with Crippen molar-refractivity contribution in [3.8, 4) is 23.0 Å². The largest absolute Gasteiger partial charge is 0.507 e. The molecule has 0 spiro atoms. The van der Waals surface area contributed by atoms with Gasteiger partial charge in [-0.2, -0.15) is 0 Å². The normalized spacial score (nSPS) is 32.9. The summed E-state index contributed by atoms with van der Waals surface area (Å²) in [7, 11) is 1.45. The predicted octanol–water partition coefficient (Wildman–Crippen LogP) is 7.16. The molecule has 61 heavy (non-hydrogen) atoms. The monoisotopic (exact) mass is 848 g/mol. The first-order valence-electron chi connectivity index (χ1n) is 21.7. The zero-order chi connectivity index (χ0) is 44.7. The minimum atomic E-state index is -2.01. The van der Waals surface area contributed by atoms with Gasteiger partial charge in [0.2, 0.25) is 0 Å². The molecule has 4 heterocycles. The number of nitrogens with one attached hydrogen (secondary N) is 1. The number of ether oxygens (including phenoxy) is 4. The number of aliphatic hydroxyl groups is 2. The number of rotatable bonds is 4. The number of ketones is 1. The summed E-state index contributed by atoms with van der Waals surface area (Å²) in [6.07, 6.45) is 10.3. The quantitative estimate of drug-likeness (QED) is 0.103. The van der Waals surface area contributed by atoms with E-state index in [0.29, 0.717) is 24.9 Å². The number of allylic oxidation sites excluding steroid dienone is 2. The number of carbonyl (C=O) groups excluding carboxylic acids is 3. The average Bonchev–Trinajstić information content (AvgIpc) is 3.87. The number of amides is 1. The molecule has 1 aliphatic carbocycles. The Morgan fingerprint density at radius 1 is 0.869 bits per heavy atom. The molecule has 2 aromatic rings. The molecule has 0 radical (unpaired) electrons. The standard InChI is InChI=1S/C47H64N2O12/c1-23-13-12-14-24(2)46(57)48-36-37(49-20-17-31(18-21-49)30-15-10-11-16-30)42(55)33-34(41(36)54)40(53)28(6)44-35(33)45(56)47(8,61-44)59-22-19-32(58-9)25(3)43(60-29(7)50)27(5)39(52)26(4)38(23)51/h12-14,19,22-23,25-27,30-32,38-39,43,51-55H,10-11,15-18,20-21H2,1-9H3,(H,48,57)/b13-12+,22-19+,24-14-. The van der Waals surface area contributed by atoms with Gasteiger partial charge >= 0.3 is 11.8 Å². The maximum atomic E-state index is 14.6. The van der Waals surface area contributed by atoms with E-state index < -0.39 is 88.8 Å². The summed E-state index contributed by atoms with van der Waals surface area (Å²) >= 11 is 0. The molecule has 1 saturated carbocycles. The number of hydrogen-bond donors (Lipinski definition) is 6. The van der Waals surface area contributed by atoms with Crippen LogP contribution in [0.15, 0.2) is 36.1 Å². The number of nitrogens with zero attached hydrogens (tertiary/aromatic N) is 1. The molecule has 1 amide bonds. The van der Waals surface area contributed by atoms with Crippen molar-refractivity contribution in [2.45, 2.75) is 124 Å². The first-order valence-corrected chi connectivity index (χ1v) is 21.7. The van der Waals surface area contributed by atoms with E-state index in [1.165, 1.54) is 65.9 Å². The van der Waals surface area contributed by atoms with E-state index in [2.05, 4.69) is 5.32 Å². The average molecular weight is 849 g/mol. The number of carbonyl (C=O) groups is 3. The minimum Gasteiger partial charge on any atom is -0.507 e. The van der Waals surface area contributed by atoms with Gasteiger partial charge in [0.1, 0.15) is 34.7 Å². The number of fused-ring (bicyclic) bond motifs is 14. The number of phenolic OH excluding ortho intramolecular Hbond substituents is 3.